The van der Waals surface area contributed by atoms with Crippen molar-refractivity contribution in [3.63, 3.8) is 0 Å². The Bertz CT molecular complexity index is 355. The van der Waals surface area contributed by atoms with E-state index in [2.05, 4.69) is 35.1 Å². The molecule has 0 aliphatic rings. The molecule has 0 saturated carbocycles. The van der Waals surface area contributed by atoms with Crippen LogP contribution in [-0.4, -0.2) is 25.4 Å². The van der Waals surface area contributed by atoms with Crippen LogP contribution in [0.15, 0.2) is 22.7 Å². The number of benzene rings is 1. The summed E-state index contributed by atoms with van der Waals surface area (Å²) in [5.74, 6) is 1.56. The fourth-order valence-electron chi connectivity index (χ4n) is 1.54. The topological polar surface area (TPSA) is 41.5 Å². The second-order valence-electron chi connectivity index (χ2n) is 4.42. The first-order valence-electron chi connectivity index (χ1n) is 5.76. The maximum absolute atomic E-state index is 9.24. The zero-order valence-corrected chi connectivity index (χ0v) is 12.1. The number of ether oxygens (including phenoxy) is 1. The lowest BCUT2D eigenvalue weighted by Gasteiger charge is -2.19. The summed E-state index contributed by atoms with van der Waals surface area (Å²) in [6.07, 6.45) is 0. The lowest BCUT2D eigenvalue weighted by Crippen LogP contribution is -2.22. The smallest absolute Gasteiger partial charge is 0.133 e. The van der Waals surface area contributed by atoms with Gasteiger partial charge in [0.05, 0.1) is 11.6 Å². The lowest BCUT2D eigenvalue weighted by molar-refractivity contribution is 0.198. The highest BCUT2D eigenvalue weighted by atomic mass is 79.9. The number of aliphatic hydroxyl groups excluding tert-OH is 1. The molecule has 0 saturated heterocycles. The Morgan fingerprint density at radius 2 is 2.12 bits per heavy atom. The standard InChI is InChI=1S/C13H20BrNO2/c1-9(2)10(8-16)7-15-11-4-5-13(17-3)12(14)6-11/h4-6,9-10,15-16H,7-8H2,1-3H3. The fraction of sp³-hybridized carbons (Fsp3) is 0.538. The molecule has 3 nitrogen and oxygen atoms in total. The molecular weight excluding hydrogens is 282 g/mol. The van der Waals surface area contributed by atoms with E-state index in [1.807, 2.05) is 18.2 Å². The molecule has 0 aliphatic heterocycles. The average Bonchev–Trinajstić information content (AvgIpc) is 2.29. The van der Waals surface area contributed by atoms with Gasteiger partial charge in [0.25, 0.3) is 0 Å². The third-order valence-electron chi connectivity index (χ3n) is 2.90. The van der Waals surface area contributed by atoms with Crippen molar-refractivity contribution in [3.8, 4) is 5.75 Å². The SMILES string of the molecule is COc1ccc(NCC(CO)C(C)C)cc1Br. The highest BCUT2D eigenvalue weighted by molar-refractivity contribution is 9.10. The molecule has 1 aromatic rings. The van der Waals surface area contributed by atoms with Crippen LogP contribution >= 0.6 is 15.9 Å². The number of aliphatic hydroxyl groups is 1. The summed E-state index contributed by atoms with van der Waals surface area (Å²) in [6.45, 7) is 5.22. The van der Waals surface area contributed by atoms with Crippen molar-refractivity contribution in [2.75, 3.05) is 25.6 Å². The Hall–Kier alpha value is -0.740. The largest absolute Gasteiger partial charge is 0.496 e. The first kappa shape index (κ1) is 14.3. The van der Waals surface area contributed by atoms with Crippen LogP contribution in [-0.2, 0) is 0 Å². The minimum absolute atomic E-state index is 0.210. The number of nitrogens with one attached hydrogen (secondary N) is 1. The van der Waals surface area contributed by atoms with Crippen molar-refractivity contribution in [1.82, 2.24) is 0 Å². The van der Waals surface area contributed by atoms with Gasteiger partial charge in [0, 0.05) is 24.8 Å². The molecule has 0 radical (unpaired) electrons. The molecule has 1 atom stereocenters. The van der Waals surface area contributed by atoms with Crippen molar-refractivity contribution in [2.45, 2.75) is 13.8 Å². The Morgan fingerprint density at radius 3 is 2.59 bits per heavy atom. The molecule has 17 heavy (non-hydrogen) atoms. The van der Waals surface area contributed by atoms with Gasteiger partial charge in [-0.1, -0.05) is 13.8 Å². The molecule has 4 heteroatoms. The van der Waals surface area contributed by atoms with Crippen LogP contribution in [0.2, 0.25) is 0 Å². The molecule has 0 fully saturated rings. The van der Waals surface area contributed by atoms with E-state index in [-0.39, 0.29) is 12.5 Å². The fourth-order valence-corrected chi connectivity index (χ4v) is 2.08. The van der Waals surface area contributed by atoms with Gasteiger partial charge in [-0.15, -0.1) is 0 Å². The number of hydrogen-bond donors (Lipinski definition) is 2. The van der Waals surface area contributed by atoms with Gasteiger partial charge in [0.2, 0.25) is 0 Å². The Kier molecular flexibility index (Phi) is 5.78. The van der Waals surface area contributed by atoms with Gasteiger partial charge < -0.3 is 15.2 Å². The lowest BCUT2D eigenvalue weighted by atomic mass is 9.97. The predicted molar refractivity (Wildman–Crippen MR) is 74.6 cm³/mol. The summed E-state index contributed by atoms with van der Waals surface area (Å²) in [5.41, 5.74) is 1.02. The highest BCUT2D eigenvalue weighted by Gasteiger charge is 2.11. The van der Waals surface area contributed by atoms with Crippen LogP contribution < -0.4 is 10.1 Å². The third kappa shape index (κ3) is 4.21. The summed E-state index contributed by atoms with van der Waals surface area (Å²) < 4.78 is 6.10. The van der Waals surface area contributed by atoms with Gasteiger partial charge in [-0.25, -0.2) is 0 Å². The molecular formula is C13H20BrNO2. The van der Waals surface area contributed by atoms with E-state index in [1.165, 1.54) is 0 Å². The van der Waals surface area contributed by atoms with Gasteiger partial charge in [-0.2, -0.15) is 0 Å². The molecule has 1 aromatic carbocycles. The maximum atomic E-state index is 9.24. The van der Waals surface area contributed by atoms with Crippen molar-refractivity contribution in [1.29, 1.82) is 0 Å². The number of rotatable bonds is 6. The molecule has 0 amide bonds. The minimum Gasteiger partial charge on any atom is -0.496 e. The Morgan fingerprint density at radius 1 is 1.41 bits per heavy atom. The first-order valence-corrected chi connectivity index (χ1v) is 6.56. The molecule has 1 rings (SSSR count). The summed E-state index contributed by atoms with van der Waals surface area (Å²) >= 11 is 3.45. The summed E-state index contributed by atoms with van der Waals surface area (Å²) in [6, 6.07) is 5.86. The van der Waals surface area contributed by atoms with E-state index >= 15 is 0 Å². The van der Waals surface area contributed by atoms with Crippen LogP contribution in [0.1, 0.15) is 13.8 Å². The highest BCUT2D eigenvalue weighted by Crippen LogP contribution is 2.27. The number of halogens is 1. The second-order valence-corrected chi connectivity index (χ2v) is 5.27. The molecule has 0 aliphatic carbocycles. The van der Waals surface area contributed by atoms with Crippen LogP contribution in [0.3, 0.4) is 0 Å². The molecule has 0 spiro atoms. The van der Waals surface area contributed by atoms with Crippen molar-refractivity contribution in [2.24, 2.45) is 11.8 Å². The average molecular weight is 302 g/mol. The zero-order chi connectivity index (χ0) is 12.8. The molecule has 0 aromatic heterocycles. The normalized spacial score (nSPS) is 12.6. The second kappa shape index (κ2) is 6.87. The molecule has 0 bridgehead atoms. The first-order chi connectivity index (χ1) is 8.08. The Balaban J connectivity index is 2.60. The molecule has 96 valence electrons. The van der Waals surface area contributed by atoms with Crippen LogP contribution in [0, 0.1) is 11.8 Å². The molecule has 1 unspecified atom stereocenters. The molecule has 2 N–H and O–H groups in total. The van der Waals surface area contributed by atoms with E-state index in [4.69, 9.17) is 4.74 Å². The van der Waals surface area contributed by atoms with E-state index in [0.29, 0.717) is 5.92 Å². The van der Waals surface area contributed by atoms with E-state index in [9.17, 15) is 5.11 Å². The van der Waals surface area contributed by atoms with E-state index in [0.717, 1.165) is 22.5 Å². The van der Waals surface area contributed by atoms with Gasteiger partial charge in [0.1, 0.15) is 5.75 Å². The van der Waals surface area contributed by atoms with Crippen LogP contribution in [0.5, 0.6) is 5.75 Å². The summed E-state index contributed by atoms with van der Waals surface area (Å²) in [5, 5.41) is 12.6. The van der Waals surface area contributed by atoms with Gasteiger partial charge in [0.15, 0.2) is 0 Å². The number of anilines is 1. The zero-order valence-electron chi connectivity index (χ0n) is 10.5. The van der Waals surface area contributed by atoms with Gasteiger partial charge in [-0.3, -0.25) is 0 Å². The third-order valence-corrected chi connectivity index (χ3v) is 3.52. The van der Waals surface area contributed by atoms with Crippen molar-refractivity contribution in [3.05, 3.63) is 22.7 Å². The van der Waals surface area contributed by atoms with Crippen molar-refractivity contribution < 1.29 is 9.84 Å². The van der Waals surface area contributed by atoms with E-state index < -0.39 is 0 Å². The summed E-state index contributed by atoms with van der Waals surface area (Å²) in [7, 11) is 1.65. The van der Waals surface area contributed by atoms with E-state index in [1.54, 1.807) is 7.11 Å². The minimum atomic E-state index is 0.210. The monoisotopic (exact) mass is 301 g/mol. The van der Waals surface area contributed by atoms with Crippen LogP contribution in [0.25, 0.3) is 0 Å². The number of hydrogen-bond acceptors (Lipinski definition) is 3. The van der Waals surface area contributed by atoms with Gasteiger partial charge >= 0.3 is 0 Å². The van der Waals surface area contributed by atoms with Crippen molar-refractivity contribution >= 4 is 21.6 Å². The quantitative estimate of drug-likeness (QED) is 0.848. The predicted octanol–water partition coefficient (Wildman–Crippen LogP) is 3.13. The maximum Gasteiger partial charge on any atom is 0.133 e. The van der Waals surface area contributed by atoms with Crippen LogP contribution in [0.4, 0.5) is 5.69 Å². The number of methoxy groups -OCH3 is 1. The van der Waals surface area contributed by atoms with Gasteiger partial charge in [-0.05, 0) is 40.0 Å². The molecule has 0 heterocycles. The summed E-state index contributed by atoms with van der Waals surface area (Å²) in [4.78, 5) is 0. The Labute approximate surface area is 111 Å².